The van der Waals surface area contributed by atoms with Gasteiger partial charge in [0, 0.05) is 6.54 Å². The van der Waals surface area contributed by atoms with Crippen molar-refractivity contribution in [2.75, 3.05) is 13.6 Å². The van der Waals surface area contributed by atoms with Gasteiger partial charge in [-0.3, -0.25) is 4.79 Å². The maximum atomic E-state index is 9.62. The van der Waals surface area contributed by atoms with Crippen molar-refractivity contribution in [3.05, 3.63) is 23.8 Å². The van der Waals surface area contributed by atoms with E-state index in [9.17, 15) is 9.90 Å². The fraction of sp³-hybridized carbons (Fsp3) is 0.417. The zero-order valence-corrected chi connectivity index (χ0v) is 11.6. The van der Waals surface area contributed by atoms with Gasteiger partial charge >= 0.3 is 5.97 Å². The molecule has 2 atom stereocenters. The number of benzene rings is 1. The monoisotopic (exact) mass is 289 g/mol. The Labute approximate surface area is 117 Å². The summed E-state index contributed by atoms with van der Waals surface area (Å²) in [6, 6.07) is 4.26. The second kappa shape index (κ2) is 8.63. The lowest BCUT2D eigenvalue weighted by Gasteiger charge is -2.10. The largest absolute Gasteiger partial charge is 0.504 e. The summed E-state index contributed by atoms with van der Waals surface area (Å²) in [7, 11) is 1.73. The van der Waals surface area contributed by atoms with E-state index in [0.717, 1.165) is 0 Å². The third kappa shape index (κ3) is 6.90. The van der Waals surface area contributed by atoms with Crippen LogP contribution in [0.1, 0.15) is 18.6 Å². The average Bonchev–Trinajstić information content (AvgIpc) is 2.33. The topological polar surface area (TPSA) is 110 Å². The molecule has 1 unspecified atom stereocenters. The number of rotatable bonds is 4. The number of phenols is 2. The molecule has 0 aliphatic carbocycles. The van der Waals surface area contributed by atoms with Crippen LogP contribution in [0.2, 0.25) is 0 Å². The molecule has 6 nitrogen and oxygen atoms in total. The van der Waals surface area contributed by atoms with E-state index in [4.69, 9.17) is 15.3 Å². The lowest BCUT2D eigenvalue weighted by Crippen LogP contribution is -2.16. The molecule has 0 saturated carbocycles. The molecule has 0 aromatic heterocycles. The van der Waals surface area contributed by atoms with E-state index < -0.39 is 17.3 Å². The van der Waals surface area contributed by atoms with Crippen LogP contribution in [0.4, 0.5) is 0 Å². The minimum absolute atomic E-state index is 0.180. The third-order valence-electron chi connectivity index (χ3n) is 2.14. The first-order valence-electron chi connectivity index (χ1n) is 5.55. The molecule has 0 spiro atoms. The molecule has 5 N–H and O–H groups in total. The highest BCUT2D eigenvalue weighted by atomic mass is 32.1. The number of thiol groups is 1. The lowest BCUT2D eigenvalue weighted by molar-refractivity contribution is -0.136. The van der Waals surface area contributed by atoms with Crippen LogP contribution in [-0.4, -0.2) is 45.2 Å². The molecule has 0 heterocycles. The number of aromatic hydroxyl groups is 2. The van der Waals surface area contributed by atoms with Crippen LogP contribution < -0.4 is 5.32 Å². The van der Waals surface area contributed by atoms with Crippen molar-refractivity contribution in [1.82, 2.24) is 5.32 Å². The Kier molecular flexibility index (Phi) is 7.97. The van der Waals surface area contributed by atoms with Crippen LogP contribution in [-0.2, 0) is 4.79 Å². The van der Waals surface area contributed by atoms with Gasteiger partial charge in [0.1, 0.15) is 0 Å². The zero-order chi connectivity index (χ0) is 15.0. The Balaban J connectivity index is 0.000000459. The minimum atomic E-state index is -0.877. The Morgan fingerprint density at radius 1 is 1.37 bits per heavy atom. The molecule has 1 rings (SSSR count). The van der Waals surface area contributed by atoms with Gasteiger partial charge in [0.15, 0.2) is 11.5 Å². The Bertz CT molecular complexity index is 411. The number of carboxylic acids is 1. The first-order valence-corrected chi connectivity index (χ1v) is 6.06. The summed E-state index contributed by atoms with van der Waals surface area (Å²) in [5, 5.41) is 37.8. The number of aliphatic hydroxyl groups excluding tert-OH is 1. The molecule has 0 aliphatic rings. The van der Waals surface area contributed by atoms with Crippen LogP contribution in [0.3, 0.4) is 0 Å². The van der Waals surface area contributed by atoms with Crippen LogP contribution >= 0.6 is 12.6 Å². The van der Waals surface area contributed by atoms with E-state index in [2.05, 4.69) is 17.9 Å². The molecule has 0 fully saturated rings. The quantitative estimate of drug-likeness (QED) is 0.360. The van der Waals surface area contributed by atoms with Gasteiger partial charge in [0.05, 0.1) is 11.4 Å². The van der Waals surface area contributed by atoms with Gasteiger partial charge in [0.25, 0.3) is 0 Å². The van der Waals surface area contributed by atoms with Crippen molar-refractivity contribution < 1.29 is 25.2 Å². The van der Waals surface area contributed by atoms with Gasteiger partial charge in [0.2, 0.25) is 0 Å². The number of hydrogen-bond acceptors (Lipinski definition) is 6. The van der Waals surface area contributed by atoms with Crippen molar-refractivity contribution in [2.24, 2.45) is 0 Å². The van der Waals surface area contributed by atoms with E-state index in [0.29, 0.717) is 12.1 Å². The molecule has 1 aromatic rings. The first kappa shape index (κ1) is 17.6. The molecular weight excluding hydrogens is 270 g/mol. The standard InChI is InChI=1S/C9H13NO3.C3H6O2S/c1-10-5-9(13)6-2-3-7(11)8(12)4-6;1-2(6)3(4)5/h2-4,9-13H,5H2,1H3;2,6H,1H3,(H,4,5)/t9-;/m0./s1. The number of carbonyl (C=O) groups is 1. The predicted molar refractivity (Wildman–Crippen MR) is 74.7 cm³/mol. The molecule has 7 heteroatoms. The number of nitrogens with one attached hydrogen (secondary N) is 1. The average molecular weight is 289 g/mol. The van der Waals surface area contributed by atoms with E-state index in [1.54, 1.807) is 13.1 Å². The smallest absolute Gasteiger partial charge is 0.316 e. The van der Waals surface area contributed by atoms with E-state index in [1.807, 2.05) is 0 Å². The van der Waals surface area contributed by atoms with Crippen LogP contribution in [0, 0.1) is 0 Å². The molecule has 0 saturated heterocycles. The van der Waals surface area contributed by atoms with Crippen molar-refractivity contribution in [3.63, 3.8) is 0 Å². The minimum Gasteiger partial charge on any atom is -0.504 e. The molecule has 0 aliphatic heterocycles. The fourth-order valence-electron chi connectivity index (χ4n) is 1.06. The maximum Gasteiger partial charge on any atom is 0.316 e. The summed E-state index contributed by atoms with van der Waals surface area (Å²) in [6.07, 6.45) is -0.670. The summed E-state index contributed by atoms with van der Waals surface area (Å²) in [4.78, 5) is 9.62. The second-order valence-electron chi connectivity index (χ2n) is 3.84. The summed E-state index contributed by atoms with van der Waals surface area (Å²) >= 11 is 3.59. The number of phenolic OH excluding ortho intramolecular Hbond substituents is 2. The Morgan fingerprint density at radius 3 is 2.26 bits per heavy atom. The second-order valence-corrected chi connectivity index (χ2v) is 4.61. The highest BCUT2D eigenvalue weighted by molar-refractivity contribution is 7.81. The van der Waals surface area contributed by atoms with Gasteiger partial charge in [-0.05, 0) is 31.7 Å². The highest BCUT2D eigenvalue weighted by Gasteiger charge is 2.08. The molecule has 19 heavy (non-hydrogen) atoms. The normalized spacial score (nSPS) is 13.1. The van der Waals surface area contributed by atoms with Crippen molar-refractivity contribution in [1.29, 1.82) is 0 Å². The Hall–Kier alpha value is -1.44. The molecule has 1 aromatic carbocycles. The van der Waals surface area contributed by atoms with E-state index in [-0.39, 0.29) is 11.5 Å². The molecular formula is C12H19NO5S. The number of hydrogen-bond donors (Lipinski definition) is 6. The van der Waals surface area contributed by atoms with Crippen LogP contribution in [0.25, 0.3) is 0 Å². The summed E-state index contributed by atoms with van der Waals surface area (Å²) < 4.78 is 0. The number of aliphatic carboxylic acids is 1. The highest BCUT2D eigenvalue weighted by Crippen LogP contribution is 2.27. The molecule has 0 amide bonds. The summed E-state index contributed by atoms with van der Waals surface area (Å²) in [5.41, 5.74) is 0.574. The maximum absolute atomic E-state index is 9.62. The van der Waals surface area contributed by atoms with E-state index in [1.165, 1.54) is 19.1 Å². The van der Waals surface area contributed by atoms with E-state index >= 15 is 0 Å². The predicted octanol–water partition coefficient (Wildman–Crippen LogP) is 0.740. The molecule has 108 valence electrons. The van der Waals surface area contributed by atoms with Crippen molar-refractivity contribution in [2.45, 2.75) is 18.3 Å². The van der Waals surface area contributed by atoms with Gasteiger partial charge < -0.3 is 25.7 Å². The van der Waals surface area contributed by atoms with Crippen LogP contribution in [0.5, 0.6) is 11.5 Å². The van der Waals surface area contributed by atoms with Gasteiger partial charge in [-0.2, -0.15) is 12.6 Å². The molecule has 0 radical (unpaired) electrons. The number of likely N-dealkylation sites (N-methyl/N-ethyl adjacent to an activating group) is 1. The van der Waals surface area contributed by atoms with Crippen molar-refractivity contribution >= 4 is 18.6 Å². The number of aliphatic hydroxyl groups is 1. The lowest BCUT2D eigenvalue weighted by atomic mass is 10.1. The molecule has 0 bridgehead atoms. The van der Waals surface area contributed by atoms with Crippen LogP contribution in [0.15, 0.2) is 18.2 Å². The summed E-state index contributed by atoms with van der Waals surface area (Å²) in [5.74, 6) is -1.27. The first-order chi connectivity index (χ1) is 8.79. The van der Waals surface area contributed by atoms with Gasteiger partial charge in [-0.15, -0.1) is 0 Å². The SMILES string of the molecule is CC(S)C(=O)O.CNC[C@H](O)c1ccc(O)c(O)c1. The van der Waals surface area contributed by atoms with Gasteiger partial charge in [-0.25, -0.2) is 0 Å². The fourth-order valence-corrected chi connectivity index (χ4v) is 1.06. The Morgan fingerprint density at radius 2 is 1.89 bits per heavy atom. The summed E-state index contributed by atoms with van der Waals surface area (Å²) in [6.45, 7) is 1.91. The van der Waals surface area contributed by atoms with Crippen molar-refractivity contribution in [3.8, 4) is 11.5 Å². The van der Waals surface area contributed by atoms with Gasteiger partial charge in [-0.1, -0.05) is 6.07 Å². The number of carboxylic acid groups (broad SMARTS) is 1. The third-order valence-corrected chi connectivity index (χ3v) is 2.36. The zero-order valence-electron chi connectivity index (χ0n) is 10.7.